The Morgan fingerprint density at radius 2 is 1.88 bits per heavy atom. The number of aliphatic hydroxyl groups is 2. The zero-order valence-electron chi connectivity index (χ0n) is 13.2. The highest BCUT2D eigenvalue weighted by molar-refractivity contribution is 6.01. The summed E-state index contributed by atoms with van der Waals surface area (Å²) >= 11 is 0. The molecule has 0 saturated carbocycles. The Hall–Kier alpha value is -2.91. The molecule has 0 aliphatic heterocycles. The van der Waals surface area contributed by atoms with E-state index in [0.29, 0.717) is 0 Å². The number of ketones is 1. The highest BCUT2D eigenvalue weighted by Crippen LogP contribution is 2.31. The Morgan fingerprint density at radius 3 is 2.44 bits per heavy atom. The Labute approximate surface area is 142 Å². The van der Waals surface area contributed by atoms with E-state index in [1.54, 1.807) is 0 Å². The second-order valence-electron chi connectivity index (χ2n) is 5.69. The molecule has 0 saturated heterocycles. The molecule has 1 aliphatic rings. The number of benzene rings is 1. The summed E-state index contributed by atoms with van der Waals surface area (Å²) in [7, 11) is 1.28. The summed E-state index contributed by atoms with van der Waals surface area (Å²) in [5.74, 6) is -3.84. The molecule has 2 unspecified atom stereocenters. The minimum atomic E-state index is -1.57. The van der Waals surface area contributed by atoms with E-state index < -0.39 is 47.8 Å². The summed E-state index contributed by atoms with van der Waals surface area (Å²) in [4.78, 5) is 35.9. The van der Waals surface area contributed by atoms with Crippen LogP contribution in [0.2, 0.25) is 0 Å². The Kier molecular flexibility index (Phi) is 5.10. The third-order valence-electron chi connectivity index (χ3n) is 3.86. The molecule has 0 radical (unpaired) electrons. The lowest BCUT2D eigenvalue weighted by atomic mass is 9.96. The number of hydrogen-bond donors (Lipinski definition) is 5. The number of aliphatic hydroxyl groups excluding tert-OH is 2. The van der Waals surface area contributed by atoms with Crippen LogP contribution in [0.3, 0.4) is 0 Å². The normalized spacial score (nSPS) is 20.1. The molecule has 0 bridgehead atoms. The van der Waals surface area contributed by atoms with Gasteiger partial charge in [-0.05, 0) is 12.1 Å². The van der Waals surface area contributed by atoms with Gasteiger partial charge in [-0.3, -0.25) is 14.4 Å². The molecule has 2 atom stereocenters. The maximum atomic E-state index is 12.6. The number of carbonyl (C=O) groups excluding carboxylic acids is 2. The molecule has 1 aromatic carbocycles. The summed E-state index contributed by atoms with van der Waals surface area (Å²) in [6.07, 6.45) is -2.70. The number of amides is 1. The van der Waals surface area contributed by atoms with Crippen molar-refractivity contribution in [2.45, 2.75) is 25.0 Å². The summed E-state index contributed by atoms with van der Waals surface area (Å²) in [5, 5.41) is 47.7. The predicted molar refractivity (Wildman–Crippen MR) is 82.9 cm³/mol. The fourth-order valence-corrected chi connectivity index (χ4v) is 2.51. The molecule has 9 heteroatoms. The van der Waals surface area contributed by atoms with Gasteiger partial charge >= 0.3 is 5.97 Å². The van der Waals surface area contributed by atoms with Gasteiger partial charge in [0.05, 0.1) is 18.1 Å². The molecule has 2 rings (SSSR count). The molecule has 9 nitrogen and oxygen atoms in total. The quantitative estimate of drug-likeness (QED) is 0.449. The summed E-state index contributed by atoms with van der Waals surface area (Å²) < 4.78 is 0. The van der Waals surface area contributed by atoms with Crippen molar-refractivity contribution in [1.29, 1.82) is 0 Å². The number of hydrogen-bond acceptors (Lipinski definition) is 7. The van der Waals surface area contributed by atoms with E-state index in [1.807, 2.05) is 0 Å². The maximum absolute atomic E-state index is 12.6. The number of rotatable bonds is 4. The number of carbonyl (C=O) groups is 3. The lowest BCUT2D eigenvalue weighted by molar-refractivity contribution is -0.136. The molecule has 5 N–H and O–H groups in total. The highest BCUT2D eigenvalue weighted by Gasteiger charge is 2.32. The molecule has 0 heterocycles. The number of nitrogens with zero attached hydrogens (tertiary/aromatic N) is 1. The van der Waals surface area contributed by atoms with Gasteiger partial charge in [0.2, 0.25) is 0 Å². The molecular weight excluding hydrogens is 334 g/mol. The lowest BCUT2D eigenvalue weighted by Gasteiger charge is -2.28. The molecule has 0 fully saturated rings. The number of carboxylic acids is 1. The molecule has 0 aromatic heterocycles. The van der Waals surface area contributed by atoms with Crippen LogP contribution in [0.25, 0.3) is 0 Å². The average molecular weight is 351 g/mol. The van der Waals surface area contributed by atoms with Gasteiger partial charge in [-0.15, -0.1) is 0 Å². The highest BCUT2D eigenvalue weighted by atomic mass is 16.4. The van der Waals surface area contributed by atoms with Crippen LogP contribution in [0, 0.1) is 0 Å². The number of phenolic OH excluding ortho intramolecular Hbond substituents is 2. The SMILES string of the molecule is CN(C(=O)c1cc(O)cc(CC(=O)O)c1O)C1=CC(=O)C(O)C(O)C1. The van der Waals surface area contributed by atoms with Crippen LogP contribution < -0.4 is 0 Å². The van der Waals surface area contributed by atoms with Gasteiger partial charge in [0.25, 0.3) is 5.91 Å². The first kappa shape index (κ1) is 18.4. The second kappa shape index (κ2) is 6.91. The van der Waals surface area contributed by atoms with Crippen molar-refractivity contribution in [1.82, 2.24) is 4.90 Å². The van der Waals surface area contributed by atoms with Gasteiger partial charge in [-0.25, -0.2) is 0 Å². The van der Waals surface area contributed by atoms with Crippen LogP contribution in [0.1, 0.15) is 22.3 Å². The zero-order valence-corrected chi connectivity index (χ0v) is 13.2. The summed E-state index contributed by atoms with van der Waals surface area (Å²) in [6.45, 7) is 0. The van der Waals surface area contributed by atoms with Crippen LogP contribution in [0.15, 0.2) is 23.9 Å². The maximum Gasteiger partial charge on any atom is 0.307 e. The van der Waals surface area contributed by atoms with E-state index in [4.69, 9.17) is 5.11 Å². The van der Waals surface area contributed by atoms with Crippen molar-refractivity contribution in [3.8, 4) is 11.5 Å². The van der Waals surface area contributed by atoms with Gasteiger partial charge in [-0.1, -0.05) is 0 Å². The Balaban J connectivity index is 2.37. The van der Waals surface area contributed by atoms with E-state index in [2.05, 4.69) is 0 Å². The number of carboxylic acid groups (broad SMARTS) is 1. The summed E-state index contributed by atoms with van der Waals surface area (Å²) in [5.41, 5.74) is -0.392. The fourth-order valence-electron chi connectivity index (χ4n) is 2.51. The average Bonchev–Trinajstić information content (AvgIpc) is 2.53. The Bertz CT molecular complexity index is 770. The van der Waals surface area contributed by atoms with E-state index >= 15 is 0 Å². The largest absolute Gasteiger partial charge is 0.508 e. The van der Waals surface area contributed by atoms with Crippen molar-refractivity contribution in [3.05, 3.63) is 35.0 Å². The molecule has 1 aromatic rings. The Morgan fingerprint density at radius 1 is 1.24 bits per heavy atom. The fraction of sp³-hybridized carbons (Fsp3) is 0.312. The first-order chi connectivity index (χ1) is 11.6. The van der Waals surface area contributed by atoms with Crippen LogP contribution in [0.5, 0.6) is 11.5 Å². The monoisotopic (exact) mass is 351 g/mol. The van der Waals surface area contributed by atoms with Gasteiger partial charge in [0, 0.05) is 30.8 Å². The first-order valence-corrected chi connectivity index (χ1v) is 7.27. The molecule has 1 amide bonds. The topological polar surface area (TPSA) is 156 Å². The van der Waals surface area contributed by atoms with E-state index in [1.165, 1.54) is 7.05 Å². The van der Waals surface area contributed by atoms with Gasteiger partial charge in [0.1, 0.15) is 17.6 Å². The van der Waals surface area contributed by atoms with Gasteiger partial charge in [0.15, 0.2) is 5.78 Å². The van der Waals surface area contributed by atoms with E-state index in [-0.39, 0.29) is 23.2 Å². The minimum absolute atomic E-state index is 0.107. The molecule has 25 heavy (non-hydrogen) atoms. The second-order valence-corrected chi connectivity index (χ2v) is 5.69. The third kappa shape index (κ3) is 3.78. The molecule has 1 aliphatic carbocycles. The molecule has 0 spiro atoms. The summed E-state index contributed by atoms with van der Waals surface area (Å²) in [6, 6.07) is 2.00. The zero-order chi connectivity index (χ0) is 18.9. The van der Waals surface area contributed by atoms with E-state index in [0.717, 1.165) is 23.1 Å². The molecule has 134 valence electrons. The predicted octanol–water partition coefficient (Wildman–Crippen LogP) is -0.625. The number of aromatic hydroxyl groups is 2. The van der Waals surface area contributed by atoms with Crippen LogP contribution in [-0.2, 0) is 16.0 Å². The van der Waals surface area contributed by atoms with Crippen molar-refractivity contribution in [2.75, 3.05) is 7.05 Å². The van der Waals surface area contributed by atoms with Gasteiger partial charge < -0.3 is 30.4 Å². The van der Waals surface area contributed by atoms with Gasteiger partial charge in [-0.2, -0.15) is 0 Å². The van der Waals surface area contributed by atoms with Crippen molar-refractivity contribution < 1.29 is 39.9 Å². The smallest absolute Gasteiger partial charge is 0.307 e. The minimum Gasteiger partial charge on any atom is -0.508 e. The lowest BCUT2D eigenvalue weighted by Crippen LogP contribution is -2.40. The van der Waals surface area contributed by atoms with E-state index in [9.17, 15) is 34.8 Å². The first-order valence-electron chi connectivity index (χ1n) is 7.27. The number of aliphatic carboxylic acids is 1. The number of phenols is 2. The van der Waals surface area contributed by atoms with Crippen LogP contribution in [0.4, 0.5) is 0 Å². The molecular formula is C16H17NO8. The van der Waals surface area contributed by atoms with Crippen molar-refractivity contribution in [3.63, 3.8) is 0 Å². The third-order valence-corrected chi connectivity index (χ3v) is 3.86. The van der Waals surface area contributed by atoms with Crippen molar-refractivity contribution in [2.24, 2.45) is 0 Å². The van der Waals surface area contributed by atoms with Crippen LogP contribution >= 0.6 is 0 Å². The van der Waals surface area contributed by atoms with Crippen LogP contribution in [-0.4, -0.2) is 67.3 Å². The van der Waals surface area contributed by atoms with Crippen molar-refractivity contribution >= 4 is 17.7 Å². The standard InChI is InChI=1S/C16H17NO8/c1-17(8-4-11(19)15(24)12(20)5-8)16(25)10-6-9(18)2-7(14(10)23)3-13(21)22/h2,4,6,12,15,18,20,23-24H,3,5H2,1H3,(H,21,22).